The molecule has 0 aliphatic carbocycles. The Labute approximate surface area is 265 Å². The molecule has 1 aromatic heterocycles. The van der Waals surface area contributed by atoms with Gasteiger partial charge in [0.05, 0.1) is 18.1 Å². The molecule has 3 nitrogen and oxygen atoms in total. The molecule has 1 heterocycles. The number of unbranched alkanes of at least 4 members (excludes halogenated alkanes) is 1. The van der Waals surface area contributed by atoms with E-state index in [9.17, 15) is 0 Å². The van der Waals surface area contributed by atoms with Gasteiger partial charge in [0.2, 0.25) is 6.71 Å². The number of hydrogen-bond donors (Lipinski definition) is 0. The molecule has 0 aliphatic heterocycles. The van der Waals surface area contributed by atoms with Crippen LogP contribution in [0.1, 0.15) is 30.9 Å². The van der Waals surface area contributed by atoms with Gasteiger partial charge >= 0.3 is 0 Å². The average molecular weight is 591 g/mol. The minimum absolute atomic E-state index is 0.374. The van der Waals surface area contributed by atoms with Crippen molar-refractivity contribution in [2.24, 2.45) is 0 Å². The Morgan fingerprint density at radius 3 is 1.75 bits per heavy atom. The van der Waals surface area contributed by atoms with Crippen molar-refractivity contribution in [2.75, 3.05) is 6.61 Å². The lowest BCUT2D eigenvalue weighted by Crippen LogP contribution is -2.46. The van der Waals surface area contributed by atoms with Crippen LogP contribution in [0.4, 0.5) is 0 Å². The number of aromatic nitrogens is 2. The van der Waals surface area contributed by atoms with Gasteiger partial charge in [-0.3, -0.25) is 0 Å². The number of benzene rings is 5. The fraction of sp³-hybridized carbons (Fsp3) is 0.154. The average Bonchev–Trinajstić information content (AvgIpc) is 3.65. The van der Waals surface area contributed by atoms with Crippen LogP contribution >= 0.6 is 0 Å². The van der Waals surface area contributed by atoms with Crippen molar-refractivity contribution < 1.29 is 4.74 Å². The van der Waals surface area contributed by atoms with E-state index in [1.807, 2.05) is 18.6 Å². The second-order valence-electron chi connectivity index (χ2n) is 10.8. The highest BCUT2D eigenvalue weighted by Gasteiger charge is 2.37. The van der Waals surface area contributed by atoms with E-state index in [1.54, 1.807) is 0 Å². The number of ether oxygens (including phenoxy) is 1. The number of hydrogen-bond acceptors (Lipinski definition) is 2. The predicted octanol–water partition coefficient (Wildman–Crippen LogP) is 6.77. The van der Waals surface area contributed by atoms with Crippen molar-refractivity contribution in [3.8, 4) is 5.75 Å². The van der Waals surface area contributed by atoms with Crippen LogP contribution in [0.15, 0.2) is 164 Å². The molecule has 0 N–H and O–H groups in total. The molecule has 44 heavy (non-hydrogen) atoms. The third-order valence-corrected chi connectivity index (χ3v) is 9.60. The first-order valence-corrected chi connectivity index (χ1v) is 16.4. The monoisotopic (exact) mass is 590 g/mol. The van der Waals surface area contributed by atoms with Crippen molar-refractivity contribution >= 4 is 32.3 Å². The van der Waals surface area contributed by atoms with Crippen molar-refractivity contribution in [3.63, 3.8) is 0 Å². The lowest BCUT2D eigenvalue weighted by molar-refractivity contribution is 0.309. The molecule has 0 fully saturated rings. The largest absolute Gasteiger partial charge is 0.494 e. The smallest absolute Gasteiger partial charge is 0.206 e. The van der Waals surface area contributed by atoms with Gasteiger partial charge in [-0.2, -0.15) is 0 Å². The SMILES string of the molecule is CB(c1ccccc1)c1ccccc1.CCCCOc1cccc([Si]C(c2ccccc2)(c2ccccc2)n2ccnc2)c1. The molecule has 5 aromatic carbocycles. The lowest BCUT2D eigenvalue weighted by Gasteiger charge is -2.36. The zero-order valence-electron chi connectivity index (χ0n) is 25.6. The van der Waals surface area contributed by atoms with E-state index in [1.165, 1.54) is 27.2 Å². The lowest BCUT2D eigenvalue weighted by atomic mass is 9.43. The summed E-state index contributed by atoms with van der Waals surface area (Å²) in [5.41, 5.74) is 5.23. The van der Waals surface area contributed by atoms with Crippen LogP contribution in [0.25, 0.3) is 0 Å². The maximum absolute atomic E-state index is 5.99. The van der Waals surface area contributed by atoms with Gasteiger partial charge in [0.15, 0.2) is 0 Å². The maximum atomic E-state index is 5.99. The molecular formula is C39H39BN2OSi. The summed E-state index contributed by atoms with van der Waals surface area (Å²) in [6, 6.07) is 51.1. The molecule has 218 valence electrons. The van der Waals surface area contributed by atoms with Gasteiger partial charge in [0.1, 0.15) is 15.3 Å². The molecule has 0 bridgehead atoms. The zero-order chi connectivity index (χ0) is 30.5. The minimum atomic E-state index is -0.374. The Morgan fingerprint density at radius 2 is 1.25 bits per heavy atom. The molecule has 6 rings (SSSR count). The Morgan fingerprint density at radius 1 is 0.705 bits per heavy atom. The first kappa shape index (κ1) is 30.8. The summed E-state index contributed by atoms with van der Waals surface area (Å²) in [6.45, 7) is 5.66. The van der Waals surface area contributed by atoms with Gasteiger partial charge < -0.3 is 9.30 Å². The van der Waals surface area contributed by atoms with Crippen molar-refractivity contribution in [2.45, 2.75) is 31.8 Å². The second kappa shape index (κ2) is 15.7. The van der Waals surface area contributed by atoms with Crippen LogP contribution in [-0.4, -0.2) is 32.4 Å². The van der Waals surface area contributed by atoms with Crippen LogP contribution in [0.5, 0.6) is 5.75 Å². The molecule has 6 aromatic rings. The van der Waals surface area contributed by atoms with E-state index >= 15 is 0 Å². The van der Waals surface area contributed by atoms with E-state index < -0.39 is 0 Å². The number of imidazole rings is 1. The van der Waals surface area contributed by atoms with Crippen molar-refractivity contribution in [1.82, 2.24) is 9.55 Å². The highest BCUT2D eigenvalue weighted by Crippen LogP contribution is 2.33. The van der Waals surface area contributed by atoms with Crippen LogP contribution < -0.4 is 20.8 Å². The molecule has 0 saturated carbocycles. The third kappa shape index (κ3) is 7.66. The van der Waals surface area contributed by atoms with Crippen LogP contribution in [0, 0.1) is 0 Å². The van der Waals surface area contributed by atoms with Gasteiger partial charge in [-0.05, 0) is 29.7 Å². The highest BCUT2D eigenvalue weighted by molar-refractivity contribution is 6.84. The summed E-state index contributed by atoms with van der Waals surface area (Å²) in [4.78, 5) is 4.39. The Balaban J connectivity index is 0.000000229. The van der Waals surface area contributed by atoms with E-state index in [0.717, 1.165) is 25.2 Å². The molecule has 0 spiro atoms. The number of nitrogens with zero attached hydrogens (tertiary/aromatic N) is 2. The minimum Gasteiger partial charge on any atom is -0.494 e. The molecule has 2 radical (unpaired) electrons. The summed E-state index contributed by atoms with van der Waals surface area (Å²) in [6.07, 6.45) is 8.05. The van der Waals surface area contributed by atoms with E-state index in [0.29, 0.717) is 16.2 Å². The van der Waals surface area contributed by atoms with Gasteiger partial charge in [-0.25, -0.2) is 4.98 Å². The van der Waals surface area contributed by atoms with E-state index in [4.69, 9.17) is 4.74 Å². The molecule has 0 aliphatic rings. The number of rotatable bonds is 11. The summed E-state index contributed by atoms with van der Waals surface area (Å²) in [5.74, 6) is 0.939. The van der Waals surface area contributed by atoms with Crippen molar-refractivity contribution in [1.29, 1.82) is 0 Å². The first-order valence-electron chi connectivity index (χ1n) is 15.4. The van der Waals surface area contributed by atoms with E-state index in [2.05, 4.69) is 169 Å². The van der Waals surface area contributed by atoms with Crippen LogP contribution in [-0.2, 0) is 5.16 Å². The Kier molecular flexibility index (Phi) is 11.0. The Bertz CT molecular complexity index is 1570. The normalized spacial score (nSPS) is 10.9. The topological polar surface area (TPSA) is 27.1 Å². The van der Waals surface area contributed by atoms with Gasteiger partial charge in [-0.1, -0.05) is 170 Å². The van der Waals surface area contributed by atoms with Gasteiger partial charge in [0.25, 0.3) is 0 Å². The van der Waals surface area contributed by atoms with Crippen LogP contribution in [0.3, 0.4) is 0 Å². The molecule has 0 saturated heterocycles. The van der Waals surface area contributed by atoms with Crippen molar-refractivity contribution in [3.05, 3.63) is 175 Å². The summed E-state index contributed by atoms with van der Waals surface area (Å²) in [5, 5.41) is 0.881. The third-order valence-electron chi connectivity index (χ3n) is 7.80. The predicted molar refractivity (Wildman–Crippen MR) is 187 cm³/mol. The zero-order valence-corrected chi connectivity index (χ0v) is 26.6. The summed E-state index contributed by atoms with van der Waals surface area (Å²) >= 11 is 0. The maximum Gasteiger partial charge on any atom is 0.206 e. The van der Waals surface area contributed by atoms with Gasteiger partial charge in [-0.15, -0.1) is 0 Å². The van der Waals surface area contributed by atoms with Crippen LogP contribution in [0.2, 0.25) is 6.82 Å². The molecule has 5 heteroatoms. The molecule has 0 unspecified atom stereocenters. The summed E-state index contributed by atoms with van der Waals surface area (Å²) in [7, 11) is 0.460. The van der Waals surface area contributed by atoms with E-state index in [-0.39, 0.29) is 5.16 Å². The molecule has 0 atom stereocenters. The molecule has 0 amide bonds. The Hall–Kier alpha value is -4.61. The summed E-state index contributed by atoms with van der Waals surface area (Å²) < 4.78 is 8.23. The fourth-order valence-electron chi connectivity index (χ4n) is 5.37. The standard InChI is InChI=1S/C26H26N2OSi.C13H13B/c1-2-3-19-29-24-15-10-16-25(20-24)30-26(28-18-17-27-21-28,22-11-6-4-7-12-22)23-13-8-5-9-14-23;1-14(12-8-4-2-5-9-12)13-10-6-3-7-11-13/h4-18,20-21H,2-3,19H2,1H3;2-11H,1H3. The highest BCUT2D eigenvalue weighted by atomic mass is 28.2. The second-order valence-corrected chi connectivity index (χ2v) is 12.4. The molecular weight excluding hydrogens is 551 g/mol. The first-order chi connectivity index (χ1) is 21.7. The fourth-order valence-corrected chi connectivity index (χ4v) is 7.07. The quantitative estimate of drug-likeness (QED) is 0.123. The van der Waals surface area contributed by atoms with Gasteiger partial charge in [0, 0.05) is 12.4 Å².